The van der Waals surface area contributed by atoms with Gasteiger partial charge in [0.25, 0.3) is 0 Å². The third kappa shape index (κ3) is 2.90. The second-order valence-electron chi connectivity index (χ2n) is 6.69. The van der Waals surface area contributed by atoms with E-state index in [1.165, 1.54) is 25.1 Å². The van der Waals surface area contributed by atoms with Crippen molar-refractivity contribution in [1.29, 1.82) is 0 Å². The average molecular weight is 309 g/mol. The first kappa shape index (κ1) is 14.5. The lowest BCUT2D eigenvalue weighted by atomic mass is 9.84. The number of hydrogen-bond acceptors (Lipinski definition) is 2. The fourth-order valence-electron chi connectivity index (χ4n) is 3.49. The Morgan fingerprint density at radius 2 is 2.00 bits per heavy atom. The monoisotopic (exact) mass is 309 g/mol. The van der Waals surface area contributed by atoms with Crippen molar-refractivity contribution in [2.75, 3.05) is 4.90 Å². The molecule has 0 radical (unpaired) electrons. The maximum absolute atomic E-state index is 12.9. The Balaban J connectivity index is 1.60. The van der Waals surface area contributed by atoms with Gasteiger partial charge in [0.15, 0.2) is 0 Å². The van der Waals surface area contributed by atoms with Gasteiger partial charge >= 0.3 is 0 Å². The second-order valence-corrected chi connectivity index (χ2v) is 6.69. The van der Waals surface area contributed by atoms with E-state index in [4.69, 9.17) is 4.98 Å². The van der Waals surface area contributed by atoms with Crippen LogP contribution in [0.1, 0.15) is 43.6 Å². The molecule has 1 aliphatic heterocycles. The Labute approximate surface area is 137 Å². The summed E-state index contributed by atoms with van der Waals surface area (Å²) in [5, 5.41) is 0. The molecule has 1 saturated carbocycles. The molecule has 23 heavy (non-hydrogen) atoms. The maximum atomic E-state index is 12.9. The highest BCUT2D eigenvalue weighted by atomic mass is 16.2. The molecule has 120 valence electrons. The highest BCUT2D eigenvalue weighted by Gasteiger charge is 2.30. The molecule has 0 bridgehead atoms. The molecule has 0 unspecified atom stereocenters. The van der Waals surface area contributed by atoms with Gasteiger partial charge in [0.05, 0.1) is 12.2 Å². The van der Waals surface area contributed by atoms with Crippen molar-refractivity contribution in [3.05, 3.63) is 48.0 Å². The zero-order valence-corrected chi connectivity index (χ0v) is 13.4. The number of rotatable bonds is 4. The van der Waals surface area contributed by atoms with E-state index in [1.807, 2.05) is 35.2 Å². The van der Waals surface area contributed by atoms with Crippen molar-refractivity contribution >= 4 is 11.6 Å². The van der Waals surface area contributed by atoms with Crippen molar-refractivity contribution in [1.82, 2.24) is 9.55 Å². The third-order valence-corrected chi connectivity index (χ3v) is 5.07. The number of anilines is 1. The zero-order valence-electron chi connectivity index (χ0n) is 13.4. The molecule has 1 aromatic heterocycles. The molecular formula is C19H23N3O. The van der Waals surface area contributed by atoms with E-state index >= 15 is 0 Å². The Hall–Kier alpha value is -2.10. The topological polar surface area (TPSA) is 38.1 Å². The zero-order chi connectivity index (χ0) is 15.6. The smallest absolute Gasteiger partial charge is 0.230 e. The van der Waals surface area contributed by atoms with Gasteiger partial charge in [0.1, 0.15) is 5.82 Å². The number of amides is 1. The van der Waals surface area contributed by atoms with Crippen molar-refractivity contribution in [2.45, 2.75) is 51.6 Å². The number of aromatic nitrogens is 2. The quantitative estimate of drug-likeness (QED) is 0.866. The van der Waals surface area contributed by atoms with E-state index in [0.717, 1.165) is 37.2 Å². The Morgan fingerprint density at radius 1 is 1.17 bits per heavy atom. The number of imidazole rings is 1. The molecule has 1 fully saturated rings. The van der Waals surface area contributed by atoms with E-state index in [1.54, 1.807) is 0 Å². The van der Waals surface area contributed by atoms with Crippen LogP contribution >= 0.6 is 0 Å². The van der Waals surface area contributed by atoms with Gasteiger partial charge in [0.2, 0.25) is 5.91 Å². The van der Waals surface area contributed by atoms with E-state index < -0.39 is 0 Å². The summed E-state index contributed by atoms with van der Waals surface area (Å²) < 4.78 is 2.26. The highest BCUT2D eigenvalue weighted by Crippen LogP contribution is 2.31. The van der Waals surface area contributed by atoms with Gasteiger partial charge in [-0.2, -0.15) is 0 Å². The summed E-state index contributed by atoms with van der Waals surface area (Å²) in [6.45, 7) is 1.64. The van der Waals surface area contributed by atoms with Crippen molar-refractivity contribution in [3.63, 3.8) is 0 Å². The van der Waals surface area contributed by atoms with Crippen LogP contribution in [0.5, 0.6) is 0 Å². The van der Waals surface area contributed by atoms with Crippen LogP contribution in [-0.4, -0.2) is 15.5 Å². The number of fused-ring (bicyclic) bond motifs is 1. The second kappa shape index (κ2) is 6.19. The molecule has 0 atom stereocenters. The van der Waals surface area contributed by atoms with Gasteiger partial charge in [-0.3, -0.25) is 4.79 Å². The highest BCUT2D eigenvalue weighted by molar-refractivity contribution is 5.95. The van der Waals surface area contributed by atoms with Crippen molar-refractivity contribution in [2.24, 2.45) is 5.92 Å². The van der Waals surface area contributed by atoms with Crippen LogP contribution in [0.15, 0.2) is 36.5 Å². The molecule has 0 spiro atoms. The van der Waals surface area contributed by atoms with Crippen LogP contribution in [0.25, 0.3) is 0 Å². The minimum Gasteiger partial charge on any atom is -0.335 e. The summed E-state index contributed by atoms with van der Waals surface area (Å²) in [7, 11) is 0. The number of carbonyl (C=O) groups is 1. The molecule has 4 nitrogen and oxygen atoms in total. The molecule has 2 heterocycles. The normalized spacial score (nSPS) is 17.4. The van der Waals surface area contributed by atoms with Gasteiger partial charge in [-0.1, -0.05) is 24.6 Å². The lowest BCUT2D eigenvalue weighted by Crippen LogP contribution is -2.38. The summed E-state index contributed by atoms with van der Waals surface area (Å²) in [4.78, 5) is 19.6. The fourth-order valence-corrected chi connectivity index (χ4v) is 3.49. The van der Waals surface area contributed by atoms with E-state index in [-0.39, 0.29) is 11.8 Å². The summed E-state index contributed by atoms with van der Waals surface area (Å²) in [6, 6.07) is 10.0. The van der Waals surface area contributed by atoms with E-state index in [2.05, 4.69) is 10.8 Å². The molecule has 1 amide bonds. The van der Waals surface area contributed by atoms with Gasteiger partial charge in [-0.05, 0) is 37.8 Å². The number of benzene rings is 1. The Kier molecular flexibility index (Phi) is 3.90. The van der Waals surface area contributed by atoms with Gasteiger partial charge in [0, 0.05) is 30.8 Å². The van der Waals surface area contributed by atoms with Gasteiger partial charge in [-0.25, -0.2) is 4.98 Å². The average Bonchev–Trinajstić information content (AvgIpc) is 2.94. The fraction of sp³-hybridized carbons (Fsp3) is 0.474. The Bertz CT molecular complexity index is 664. The Morgan fingerprint density at radius 3 is 2.70 bits per heavy atom. The number of nitrogens with zero attached hydrogens (tertiary/aromatic N) is 3. The van der Waals surface area contributed by atoms with Crippen LogP contribution in [-0.2, 0) is 24.3 Å². The lowest BCUT2D eigenvalue weighted by Gasteiger charge is -2.31. The van der Waals surface area contributed by atoms with Crippen LogP contribution < -0.4 is 4.90 Å². The molecule has 0 saturated heterocycles. The lowest BCUT2D eigenvalue weighted by molar-refractivity contribution is -0.124. The SMILES string of the molecule is O=C(C1CCC1)N(Cc1cn2c(n1)CCCC2)c1ccccc1. The number of aryl methyl sites for hydroxylation is 2. The first-order chi connectivity index (χ1) is 11.3. The van der Waals surface area contributed by atoms with E-state index in [9.17, 15) is 4.79 Å². The summed E-state index contributed by atoms with van der Waals surface area (Å²) >= 11 is 0. The molecule has 4 heteroatoms. The largest absolute Gasteiger partial charge is 0.335 e. The predicted molar refractivity (Wildman–Crippen MR) is 90.1 cm³/mol. The van der Waals surface area contributed by atoms with Gasteiger partial charge in [-0.15, -0.1) is 0 Å². The molecule has 4 rings (SSSR count). The van der Waals surface area contributed by atoms with E-state index in [0.29, 0.717) is 6.54 Å². The van der Waals surface area contributed by atoms with Crippen LogP contribution in [0.3, 0.4) is 0 Å². The molecule has 0 N–H and O–H groups in total. The molecule has 1 aromatic carbocycles. The van der Waals surface area contributed by atoms with Crippen molar-refractivity contribution < 1.29 is 4.79 Å². The first-order valence-electron chi connectivity index (χ1n) is 8.72. The third-order valence-electron chi connectivity index (χ3n) is 5.07. The minimum atomic E-state index is 0.201. The van der Waals surface area contributed by atoms with Crippen LogP contribution in [0.4, 0.5) is 5.69 Å². The molecule has 1 aliphatic carbocycles. The van der Waals surface area contributed by atoms with Gasteiger partial charge < -0.3 is 9.47 Å². The van der Waals surface area contributed by atoms with Crippen LogP contribution in [0.2, 0.25) is 0 Å². The number of carbonyl (C=O) groups excluding carboxylic acids is 1. The summed E-state index contributed by atoms with van der Waals surface area (Å²) in [5.41, 5.74) is 1.99. The van der Waals surface area contributed by atoms with Crippen molar-refractivity contribution in [3.8, 4) is 0 Å². The number of para-hydroxylation sites is 1. The molecular weight excluding hydrogens is 286 g/mol. The summed E-state index contributed by atoms with van der Waals surface area (Å²) in [6.07, 6.45) is 8.88. The summed E-state index contributed by atoms with van der Waals surface area (Å²) in [5.74, 6) is 1.64. The minimum absolute atomic E-state index is 0.201. The van der Waals surface area contributed by atoms with Crippen LogP contribution in [0, 0.1) is 5.92 Å². The standard InChI is InChI=1S/C19H23N3O/c23-19(15-7-6-8-15)22(17-9-2-1-3-10-17)14-16-13-21-12-5-4-11-18(21)20-16/h1-3,9-10,13,15H,4-8,11-12,14H2. The first-order valence-corrected chi connectivity index (χ1v) is 8.72. The molecule has 2 aliphatic rings. The maximum Gasteiger partial charge on any atom is 0.230 e. The predicted octanol–water partition coefficient (Wildman–Crippen LogP) is 3.55. The molecule has 2 aromatic rings. The number of hydrogen-bond donors (Lipinski definition) is 0.